The third-order valence-corrected chi connectivity index (χ3v) is 1.71. The number of nitrogens with two attached hydrogens (primary N) is 1. The summed E-state index contributed by atoms with van der Waals surface area (Å²) in [5, 5.41) is 8.38. The number of carboxylic acids is 1. The molecule has 0 spiro atoms. The van der Waals surface area contributed by atoms with E-state index >= 15 is 0 Å². The first-order valence-corrected chi connectivity index (χ1v) is 4.65. The van der Waals surface area contributed by atoms with Crippen LogP contribution >= 0.6 is 0 Å². The first kappa shape index (κ1) is 12.9. The van der Waals surface area contributed by atoms with Crippen molar-refractivity contribution in [2.75, 3.05) is 0 Å². The Morgan fingerprint density at radius 3 is 2.50 bits per heavy atom. The summed E-state index contributed by atoms with van der Waals surface area (Å²) in [4.78, 5) is 21.4. The molecule has 82 valence electrons. The van der Waals surface area contributed by atoms with E-state index in [1.807, 2.05) is 6.92 Å². The van der Waals surface area contributed by atoms with Crippen LogP contribution in [0.25, 0.3) is 0 Å². The number of carboxylic acid groups (broad SMARTS) is 1. The molecular formula is C9H17NO4. The zero-order valence-corrected chi connectivity index (χ0v) is 8.53. The highest BCUT2D eigenvalue weighted by Crippen LogP contribution is 2.03. The number of rotatable bonds is 6. The molecule has 5 heteroatoms. The Morgan fingerprint density at radius 2 is 2.07 bits per heavy atom. The van der Waals surface area contributed by atoms with Crippen molar-refractivity contribution in [2.24, 2.45) is 5.73 Å². The number of esters is 1. The van der Waals surface area contributed by atoms with Crippen LogP contribution in [0.4, 0.5) is 0 Å². The van der Waals surface area contributed by atoms with Crippen LogP contribution in [0.1, 0.15) is 33.1 Å². The van der Waals surface area contributed by atoms with E-state index in [1.54, 1.807) is 6.92 Å². The van der Waals surface area contributed by atoms with E-state index in [0.29, 0.717) is 0 Å². The van der Waals surface area contributed by atoms with Gasteiger partial charge in [-0.15, -0.1) is 0 Å². The second-order valence-corrected chi connectivity index (χ2v) is 3.24. The lowest BCUT2D eigenvalue weighted by atomic mass is 10.2. The van der Waals surface area contributed by atoms with Gasteiger partial charge in [0.1, 0.15) is 6.04 Å². The van der Waals surface area contributed by atoms with Gasteiger partial charge in [0.25, 0.3) is 0 Å². The summed E-state index contributed by atoms with van der Waals surface area (Å²) >= 11 is 0. The molecule has 14 heavy (non-hydrogen) atoms. The maximum atomic E-state index is 11.2. The van der Waals surface area contributed by atoms with E-state index in [-0.39, 0.29) is 6.10 Å². The highest BCUT2D eigenvalue weighted by Gasteiger charge is 2.20. The Balaban J connectivity index is 3.88. The van der Waals surface area contributed by atoms with Crippen LogP contribution < -0.4 is 5.73 Å². The summed E-state index contributed by atoms with van der Waals surface area (Å²) in [6.45, 7) is 3.73. The smallest absolute Gasteiger partial charge is 0.323 e. The molecule has 0 rings (SSSR count). The maximum absolute atomic E-state index is 11.2. The lowest BCUT2D eigenvalue weighted by Crippen LogP contribution is -2.36. The van der Waals surface area contributed by atoms with Gasteiger partial charge in [0.15, 0.2) is 0 Å². The van der Waals surface area contributed by atoms with Gasteiger partial charge in [0.05, 0.1) is 12.5 Å². The monoisotopic (exact) mass is 203 g/mol. The second kappa shape index (κ2) is 6.37. The van der Waals surface area contributed by atoms with Gasteiger partial charge < -0.3 is 15.6 Å². The highest BCUT2D eigenvalue weighted by atomic mass is 16.5. The molecule has 0 aromatic carbocycles. The summed E-state index contributed by atoms with van der Waals surface area (Å²) in [6, 6.07) is -1.06. The lowest BCUT2D eigenvalue weighted by molar-refractivity contribution is -0.153. The zero-order valence-electron chi connectivity index (χ0n) is 8.53. The molecule has 0 aliphatic rings. The number of hydrogen-bond donors (Lipinski definition) is 2. The van der Waals surface area contributed by atoms with E-state index in [1.165, 1.54) is 0 Å². The summed E-state index contributed by atoms with van der Waals surface area (Å²) in [5.74, 6) is -1.74. The van der Waals surface area contributed by atoms with Crippen LogP contribution in [0, 0.1) is 0 Å². The minimum absolute atomic E-state index is 0.202. The fourth-order valence-electron chi connectivity index (χ4n) is 1.02. The Kier molecular flexibility index (Phi) is 5.87. The molecule has 0 bridgehead atoms. The van der Waals surface area contributed by atoms with Crippen molar-refractivity contribution in [2.45, 2.75) is 45.3 Å². The SMILES string of the molecule is CCCC(C)OC(=O)[C@@H](N)CC(=O)O. The molecule has 3 N–H and O–H groups in total. The standard InChI is InChI=1S/C9H17NO4/c1-3-4-6(2)14-9(13)7(10)5-8(11)12/h6-7H,3-5,10H2,1-2H3,(H,11,12)/t6?,7-/m0/s1. The van der Waals surface area contributed by atoms with E-state index < -0.39 is 24.4 Å². The Morgan fingerprint density at radius 1 is 1.50 bits per heavy atom. The Labute approximate surface area is 83.2 Å². The molecule has 0 heterocycles. The molecule has 0 saturated carbocycles. The fraction of sp³-hybridized carbons (Fsp3) is 0.778. The van der Waals surface area contributed by atoms with Crippen molar-refractivity contribution >= 4 is 11.9 Å². The van der Waals surface area contributed by atoms with Crippen LogP contribution in [0.2, 0.25) is 0 Å². The number of aliphatic carboxylic acids is 1. The average molecular weight is 203 g/mol. The van der Waals surface area contributed by atoms with Crippen molar-refractivity contribution in [1.82, 2.24) is 0 Å². The maximum Gasteiger partial charge on any atom is 0.323 e. The molecular weight excluding hydrogens is 186 g/mol. The normalized spacial score (nSPS) is 14.5. The van der Waals surface area contributed by atoms with Crippen LogP contribution in [0.3, 0.4) is 0 Å². The molecule has 0 aliphatic carbocycles. The van der Waals surface area contributed by atoms with Gasteiger partial charge in [-0.05, 0) is 13.3 Å². The summed E-state index contributed by atoms with van der Waals surface area (Å²) < 4.78 is 4.93. The molecule has 0 fully saturated rings. The van der Waals surface area contributed by atoms with Crippen molar-refractivity contribution in [3.8, 4) is 0 Å². The Hall–Kier alpha value is -1.10. The molecule has 0 aromatic rings. The van der Waals surface area contributed by atoms with Gasteiger partial charge >= 0.3 is 11.9 Å². The van der Waals surface area contributed by atoms with Gasteiger partial charge in [-0.2, -0.15) is 0 Å². The molecule has 0 aromatic heterocycles. The van der Waals surface area contributed by atoms with Crippen LogP contribution in [-0.2, 0) is 14.3 Å². The highest BCUT2D eigenvalue weighted by molar-refractivity contribution is 5.81. The van der Waals surface area contributed by atoms with Crippen LogP contribution in [-0.4, -0.2) is 29.2 Å². The van der Waals surface area contributed by atoms with Gasteiger partial charge in [0.2, 0.25) is 0 Å². The molecule has 5 nitrogen and oxygen atoms in total. The van der Waals surface area contributed by atoms with Crippen LogP contribution in [0.15, 0.2) is 0 Å². The van der Waals surface area contributed by atoms with Crippen molar-refractivity contribution in [1.29, 1.82) is 0 Å². The largest absolute Gasteiger partial charge is 0.481 e. The first-order chi connectivity index (χ1) is 6.47. The van der Waals surface area contributed by atoms with E-state index in [0.717, 1.165) is 12.8 Å². The molecule has 0 saturated heterocycles. The zero-order chi connectivity index (χ0) is 11.1. The van der Waals surface area contributed by atoms with Gasteiger partial charge in [-0.3, -0.25) is 9.59 Å². The van der Waals surface area contributed by atoms with Crippen molar-refractivity contribution in [3.63, 3.8) is 0 Å². The summed E-state index contributed by atoms with van der Waals surface area (Å²) in [6.07, 6.45) is 1.07. The fourth-order valence-corrected chi connectivity index (χ4v) is 1.02. The van der Waals surface area contributed by atoms with E-state index in [2.05, 4.69) is 0 Å². The Bertz CT molecular complexity index is 205. The molecule has 1 unspecified atom stereocenters. The van der Waals surface area contributed by atoms with Gasteiger partial charge in [-0.1, -0.05) is 13.3 Å². The molecule has 0 radical (unpaired) electrons. The topological polar surface area (TPSA) is 89.6 Å². The summed E-state index contributed by atoms with van der Waals surface area (Å²) in [5.41, 5.74) is 5.31. The number of carbonyl (C=O) groups excluding carboxylic acids is 1. The first-order valence-electron chi connectivity index (χ1n) is 4.65. The van der Waals surface area contributed by atoms with Gasteiger partial charge in [-0.25, -0.2) is 0 Å². The third kappa shape index (κ3) is 5.53. The third-order valence-electron chi connectivity index (χ3n) is 1.71. The number of hydrogen-bond acceptors (Lipinski definition) is 4. The minimum atomic E-state index is -1.10. The number of ether oxygens (including phenoxy) is 1. The van der Waals surface area contributed by atoms with Gasteiger partial charge in [0, 0.05) is 0 Å². The predicted molar refractivity (Wildman–Crippen MR) is 50.7 cm³/mol. The second-order valence-electron chi connectivity index (χ2n) is 3.24. The van der Waals surface area contributed by atoms with Crippen molar-refractivity contribution in [3.05, 3.63) is 0 Å². The van der Waals surface area contributed by atoms with Crippen molar-refractivity contribution < 1.29 is 19.4 Å². The van der Waals surface area contributed by atoms with E-state index in [4.69, 9.17) is 15.6 Å². The quantitative estimate of drug-likeness (QED) is 0.614. The molecule has 0 aliphatic heterocycles. The van der Waals surface area contributed by atoms with E-state index in [9.17, 15) is 9.59 Å². The predicted octanol–water partition coefficient (Wildman–Crippen LogP) is 0.520. The average Bonchev–Trinajstić information content (AvgIpc) is 2.02. The molecule has 0 amide bonds. The summed E-state index contributed by atoms with van der Waals surface area (Å²) in [7, 11) is 0. The van der Waals surface area contributed by atoms with Crippen LogP contribution in [0.5, 0.6) is 0 Å². The minimum Gasteiger partial charge on any atom is -0.481 e. The molecule has 2 atom stereocenters. The lowest BCUT2D eigenvalue weighted by Gasteiger charge is -2.14. The number of carbonyl (C=O) groups is 2.